The highest BCUT2D eigenvalue weighted by Gasteiger charge is 2.15. The molecule has 16 heavy (non-hydrogen) atoms. The Morgan fingerprint density at radius 3 is 2.62 bits per heavy atom. The molecular weight excluding hydrogens is 249 g/mol. The molecule has 0 heterocycles. The topological polar surface area (TPSA) is 49.3 Å². The smallest absolute Gasteiger partial charge is 0.326 e. The molecule has 0 aromatic heterocycles. The number of aliphatic carboxylic acids is 1. The van der Waals surface area contributed by atoms with Crippen LogP contribution in [0.15, 0.2) is 18.2 Å². The first-order chi connectivity index (χ1) is 7.54. The highest BCUT2D eigenvalue weighted by molar-refractivity contribution is 6.42. The van der Waals surface area contributed by atoms with E-state index in [1.807, 2.05) is 6.92 Å². The Morgan fingerprint density at radius 2 is 2.12 bits per heavy atom. The van der Waals surface area contributed by atoms with Gasteiger partial charge in [0.1, 0.15) is 6.04 Å². The summed E-state index contributed by atoms with van der Waals surface area (Å²) in [6.45, 7) is 1.94. The minimum Gasteiger partial charge on any atom is -0.480 e. The van der Waals surface area contributed by atoms with Crippen LogP contribution in [0.4, 0.5) is 5.69 Å². The van der Waals surface area contributed by atoms with Crippen LogP contribution in [-0.2, 0) is 4.79 Å². The van der Waals surface area contributed by atoms with Gasteiger partial charge in [-0.15, -0.1) is 0 Å². The van der Waals surface area contributed by atoms with Crippen LogP contribution in [0.5, 0.6) is 0 Å². The lowest BCUT2D eigenvalue weighted by molar-refractivity contribution is -0.138. The molecule has 0 saturated heterocycles. The number of hydrogen-bond donors (Lipinski definition) is 2. The summed E-state index contributed by atoms with van der Waals surface area (Å²) in [5.74, 6) is -0.868. The van der Waals surface area contributed by atoms with E-state index in [-0.39, 0.29) is 0 Å². The molecule has 2 N–H and O–H groups in total. The molecule has 5 heteroatoms. The predicted octanol–water partition coefficient (Wildman–Crippen LogP) is 3.66. The molecule has 0 radical (unpaired) electrons. The second-order valence-corrected chi connectivity index (χ2v) is 4.27. The second kappa shape index (κ2) is 5.97. The molecule has 88 valence electrons. The van der Waals surface area contributed by atoms with Crippen molar-refractivity contribution in [2.75, 3.05) is 5.32 Å². The molecule has 0 spiro atoms. The summed E-state index contributed by atoms with van der Waals surface area (Å²) in [7, 11) is 0. The summed E-state index contributed by atoms with van der Waals surface area (Å²) in [4.78, 5) is 10.9. The number of anilines is 1. The van der Waals surface area contributed by atoms with E-state index >= 15 is 0 Å². The highest BCUT2D eigenvalue weighted by atomic mass is 35.5. The lowest BCUT2D eigenvalue weighted by Crippen LogP contribution is -2.28. The average molecular weight is 262 g/mol. The van der Waals surface area contributed by atoms with Crippen LogP contribution < -0.4 is 5.32 Å². The van der Waals surface area contributed by atoms with Crippen LogP contribution in [0.2, 0.25) is 10.0 Å². The average Bonchev–Trinajstić information content (AvgIpc) is 2.22. The summed E-state index contributed by atoms with van der Waals surface area (Å²) in [5, 5.41) is 12.7. The Hall–Kier alpha value is -0.930. The van der Waals surface area contributed by atoms with Gasteiger partial charge in [0.05, 0.1) is 10.0 Å². The molecule has 0 aliphatic heterocycles. The van der Waals surface area contributed by atoms with Crippen molar-refractivity contribution in [3.8, 4) is 0 Å². The standard InChI is InChI=1S/C11H13Cl2NO2/c1-2-3-10(11(15)16)14-7-4-5-8(12)9(13)6-7/h4-6,10,14H,2-3H2,1H3,(H,15,16). The Kier molecular flexibility index (Phi) is 4.90. The maximum Gasteiger partial charge on any atom is 0.326 e. The number of carboxylic acid groups (broad SMARTS) is 1. The molecule has 3 nitrogen and oxygen atoms in total. The fourth-order valence-electron chi connectivity index (χ4n) is 1.33. The molecule has 0 saturated carbocycles. The van der Waals surface area contributed by atoms with Gasteiger partial charge in [0.15, 0.2) is 0 Å². The van der Waals surface area contributed by atoms with Crippen molar-refractivity contribution >= 4 is 34.9 Å². The fraction of sp³-hybridized carbons (Fsp3) is 0.364. The van der Waals surface area contributed by atoms with Gasteiger partial charge in [-0.1, -0.05) is 36.5 Å². The van der Waals surface area contributed by atoms with Gasteiger partial charge >= 0.3 is 5.97 Å². The van der Waals surface area contributed by atoms with Gasteiger partial charge in [0.2, 0.25) is 0 Å². The Bertz CT molecular complexity index is 382. The molecule has 1 aromatic rings. The van der Waals surface area contributed by atoms with Gasteiger partial charge < -0.3 is 10.4 Å². The number of carbonyl (C=O) groups is 1. The van der Waals surface area contributed by atoms with Crippen molar-refractivity contribution in [2.45, 2.75) is 25.8 Å². The molecule has 1 rings (SSSR count). The lowest BCUT2D eigenvalue weighted by atomic mass is 10.1. The minimum atomic E-state index is -0.868. The molecule has 0 aliphatic rings. The van der Waals surface area contributed by atoms with Crippen LogP contribution in [0.1, 0.15) is 19.8 Å². The number of hydrogen-bond acceptors (Lipinski definition) is 2. The maximum atomic E-state index is 10.9. The van der Waals surface area contributed by atoms with Gasteiger partial charge in [0, 0.05) is 5.69 Å². The third-order valence-corrected chi connectivity index (χ3v) is 2.87. The van der Waals surface area contributed by atoms with Gasteiger partial charge in [-0.3, -0.25) is 0 Å². The third kappa shape index (κ3) is 3.58. The fourth-order valence-corrected chi connectivity index (χ4v) is 1.63. The summed E-state index contributed by atoms with van der Waals surface area (Å²) < 4.78 is 0. The van der Waals surface area contributed by atoms with Crippen molar-refractivity contribution in [2.24, 2.45) is 0 Å². The molecule has 0 aliphatic carbocycles. The Morgan fingerprint density at radius 1 is 1.44 bits per heavy atom. The van der Waals surface area contributed by atoms with Crippen molar-refractivity contribution in [3.63, 3.8) is 0 Å². The van der Waals surface area contributed by atoms with E-state index in [4.69, 9.17) is 28.3 Å². The second-order valence-electron chi connectivity index (χ2n) is 3.45. The van der Waals surface area contributed by atoms with Crippen molar-refractivity contribution < 1.29 is 9.90 Å². The molecule has 1 aromatic carbocycles. The quantitative estimate of drug-likeness (QED) is 0.851. The Labute approximate surface area is 104 Å². The first-order valence-corrected chi connectivity index (χ1v) is 5.74. The summed E-state index contributed by atoms with van der Waals surface area (Å²) in [6, 6.07) is 4.37. The van der Waals surface area contributed by atoms with E-state index in [9.17, 15) is 4.79 Å². The van der Waals surface area contributed by atoms with Crippen LogP contribution in [0.3, 0.4) is 0 Å². The third-order valence-electron chi connectivity index (χ3n) is 2.14. The SMILES string of the molecule is CCCC(Nc1ccc(Cl)c(Cl)c1)C(=O)O. The molecule has 0 fully saturated rings. The summed E-state index contributed by atoms with van der Waals surface area (Å²) in [5.41, 5.74) is 0.662. The summed E-state index contributed by atoms with van der Waals surface area (Å²) in [6.07, 6.45) is 1.36. The van der Waals surface area contributed by atoms with Gasteiger partial charge in [0.25, 0.3) is 0 Å². The van der Waals surface area contributed by atoms with E-state index in [0.29, 0.717) is 22.2 Å². The molecule has 0 bridgehead atoms. The molecular formula is C11H13Cl2NO2. The van der Waals surface area contributed by atoms with E-state index in [1.165, 1.54) is 0 Å². The predicted molar refractivity (Wildman–Crippen MR) is 66.4 cm³/mol. The molecule has 1 atom stereocenters. The van der Waals surface area contributed by atoms with Crippen LogP contribution >= 0.6 is 23.2 Å². The zero-order chi connectivity index (χ0) is 12.1. The van der Waals surface area contributed by atoms with E-state index < -0.39 is 12.0 Å². The number of halogens is 2. The molecule has 1 unspecified atom stereocenters. The minimum absolute atomic E-state index is 0.410. The largest absolute Gasteiger partial charge is 0.480 e. The normalized spacial score (nSPS) is 12.2. The molecule has 0 amide bonds. The number of nitrogens with one attached hydrogen (secondary N) is 1. The van der Waals surface area contributed by atoms with Crippen LogP contribution in [0.25, 0.3) is 0 Å². The Balaban J connectivity index is 2.77. The first kappa shape index (κ1) is 13.1. The van der Waals surface area contributed by atoms with Crippen molar-refractivity contribution in [1.29, 1.82) is 0 Å². The van der Waals surface area contributed by atoms with E-state index in [0.717, 1.165) is 6.42 Å². The zero-order valence-electron chi connectivity index (χ0n) is 8.84. The maximum absolute atomic E-state index is 10.9. The first-order valence-electron chi connectivity index (χ1n) is 4.99. The van der Waals surface area contributed by atoms with E-state index in [1.54, 1.807) is 18.2 Å². The van der Waals surface area contributed by atoms with Gasteiger partial charge in [-0.2, -0.15) is 0 Å². The highest BCUT2D eigenvalue weighted by Crippen LogP contribution is 2.25. The lowest BCUT2D eigenvalue weighted by Gasteiger charge is -2.15. The zero-order valence-corrected chi connectivity index (χ0v) is 10.3. The number of rotatable bonds is 5. The monoisotopic (exact) mass is 261 g/mol. The van der Waals surface area contributed by atoms with Crippen LogP contribution in [0, 0.1) is 0 Å². The number of benzene rings is 1. The summed E-state index contributed by atoms with van der Waals surface area (Å²) >= 11 is 11.6. The van der Waals surface area contributed by atoms with Crippen molar-refractivity contribution in [3.05, 3.63) is 28.2 Å². The van der Waals surface area contributed by atoms with Gasteiger partial charge in [-0.25, -0.2) is 4.79 Å². The van der Waals surface area contributed by atoms with Crippen molar-refractivity contribution in [1.82, 2.24) is 0 Å². The number of carboxylic acids is 1. The van der Waals surface area contributed by atoms with Crippen LogP contribution in [-0.4, -0.2) is 17.1 Å². The van der Waals surface area contributed by atoms with Gasteiger partial charge in [-0.05, 0) is 24.6 Å². The van der Waals surface area contributed by atoms with E-state index in [2.05, 4.69) is 5.32 Å².